The van der Waals surface area contributed by atoms with E-state index < -0.39 is 11.8 Å². The Hall–Kier alpha value is -1.91. The van der Waals surface area contributed by atoms with Crippen molar-refractivity contribution in [2.24, 2.45) is 11.7 Å². The van der Waals surface area contributed by atoms with Gasteiger partial charge in [0.15, 0.2) is 0 Å². The highest BCUT2D eigenvalue weighted by molar-refractivity contribution is 6.34. The molecule has 0 unspecified atom stereocenters. The van der Waals surface area contributed by atoms with Crippen LogP contribution in [0, 0.1) is 18.7 Å². The summed E-state index contributed by atoms with van der Waals surface area (Å²) in [6.45, 7) is 6.34. The Labute approximate surface area is 112 Å². The van der Waals surface area contributed by atoms with Crippen molar-refractivity contribution in [3.63, 3.8) is 0 Å². The average molecular weight is 266 g/mol. The average Bonchev–Trinajstić information content (AvgIpc) is 2.29. The Kier molecular flexibility index (Phi) is 5.03. The second kappa shape index (κ2) is 6.31. The maximum absolute atomic E-state index is 13.0. The fraction of sp³-hybridized carbons (Fsp3) is 0.429. The Morgan fingerprint density at radius 2 is 2.00 bits per heavy atom. The van der Waals surface area contributed by atoms with Crippen LogP contribution in [0.25, 0.3) is 0 Å². The number of primary amides is 1. The molecule has 4 nitrogen and oxygen atoms in total. The molecular weight excluding hydrogens is 247 g/mol. The Morgan fingerprint density at radius 1 is 1.37 bits per heavy atom. The highest BCUT2D eigenvalue weighted by atomic mass is 19.1. The minimum Gasteiger partial charge on any atom is -0.361 e. The van der Waals surface area contributed by atoms with Crippen LogP contribution in [0.15, 0.2) is 18.2 Å². The van der Waals surface area contributed by atoms with E-state index in [4.69, 9.17) is 5.73 Å². The molecular formula is C14H19FN2O2. The molecule has 2 amide bonds. The van der Waals surface area contributed by atoms with Gasteiger partial charge in [0.05, 0.1) is 0 Å². The van der Waals surface area contributed by atoms with E-state index in [2.05, 4.69) is 0 Å². The van der Waals surface area contributed by atoms with Crippen molar-refractivity contribution in [2.75, 3.05) is 6.54 Å². The van der Waals surface area contributed by atoms with Crippen molar-refractivity contribution in [1.29, 1.82) is 0 Å². The molecule has 19 heavy (non-hydrogen) atoms. The van der Waals surface area contributed by atoms with Crippen molar-refractivity contribution in [2.45, 2.75) is 27.3 Å². The van der Waals surface area contributed by atoms with Gasteiger partial charge in [-0.3, -0.25) is 9.59 Å². The van der Waals surface area contributed by atoms with E-state index in [1.165, 1.54) is 17.0 Å². The first-order valence-electron chi connectivity index (χ1n) is 6.15. The molecule has 0 spiro atoms. The van der Waals surface area contributed by atoms with Gasteiger partial charge in [0, 0.05) is 13.1 Å². The molecule has 1 aromatic carbocycles. The summed E-state index contributed by atoms with van der Waals surface area (Å²) < 4.78 is 13.0. The third-order valence-corrected chi connectivity index (χ3v) is 2.75. The van der Waals surface area contributed by atoms with Gasteiger partial charge in [0.25, 0.3) is 0 Å². The van der Waals surface area contributed by atoms with Crippen LogP contribution in [0.3, 0.4) is 0 Å². The quantitative estimate of drug-likeness (QED) is 0.841. The highest BCUT2D eigenvalue weighted by Gasteiger charge is 2.20. The SMILES string of the molecule is Cc1cc(F)ccc1CN(CC(C)C)C(=O)C(N)=O. The van der Waals surface area contributed by atoms with Gasteiger partial charge in [-0.1, -0.05) is 19.9 Å². The van der Waals surface area contributed by atoms with Gasteiger partial charge in [-0.05, 0) is 36.1 Å². The van der Waals surface area contributed by atoms with E-state index >= 15 is 0 Å². The molecule has 5 heteroatoms. The number of carbonyl (C=O) groups excluding carboxylic acids is 2. The van der Waals surface area contributed by atoms with Crippen LogP contribution in [-0.2, 0) is 16.1 Å². The topological polar surface area (TPSA) is 63.4 Å². The van der Waals surface area contributed by atoms with Crippen LogP contribution in [-0.4, -0.2) is 23.3 Å². The molecule has 0 saturated carbocycles. The fourth-order valence-corrected chi connectivity index (χ4v) is 1.86. The maximum atomic E-state index is 13.0. The van der Waals surface area contributed by atoms with Crippen molar-refractivity contribution >= 4 is 11.8 Å². The van der Waals surface area contributed by atoms with E-state index in [0.717, 1.165) is 11.1 Å². The van der Waals surface area contributed by atoms with E-state index in [9.17, 15) is 14.0 Å². The number of amides is 2. The molecule has 1 aromatic rings. The fourth-order valence-electron chi connectivity index (χ4n) is 1.86. The monoisotopic (exact) mass is 266 g/mol. The first-order chi connectivity index (χ1) is 8.81. The number of nitrogens with zero attached hydrogens (tertiary/aromatic N) is 1. The Morgan fingerprint density at radius 3 is 2.47 bits per heavy atom. The molecule has 2 N–H and O–H groups in total. The summed E-state index contributed by atoms with van der Waals surface area (Å²) in [4.78, 5) is 24.2. The molecule has 104 valence electrons. The van der Waals surface area contributed by atoms with Crippen molar-refractivity contribution in [3.8, 4) is 0 Å². The maximum Gasteiger partial charge on any atom is 0.311 e. The standard InChI is InChI=1S/C14H19FN2O2/c1-9(2)7-17(14(19)13(16)18)8-11-4-5-12(15)6-10(11)3/h4-6,9H,7-8H2,1-3H3,(H2,16,18). The molecule has 0 aliphatic rings. The second-order valence-corrected chi connectivity index (χ2v) is 5.01. The van der Waals surface area contributed by atoms with Gasteiger partial charge in [-0.25, -0.2) is 4.39 Å². The van der Waals surface area contributed by atoms with Gasteiger partial charge in [-0.2, -0.15) is 0 Å². The number of carbonyl (C=O) groups is 2. The summed E-state index contributed by atoms with van der Waals surface area (Å²) in [6.07, 6.45) is 0. The second-order valence-electron chi connectivity index (χ2n) is 5.01. The molecule has 0 bridgehead atoms. The van der Waals surface area contributed by atoms with Crippen molar-refractivity contribution in [3.05, 3.63) is 35.1 Å². The van der Waals surface area contributed by atoms with Crippen molar-refractivity contribution < 1.29 is 14.0 Å². The molecule has 0 aromatic heterocycles. The van der Waals surface area contributed by atoms with Crippen LogP contribution in [0.5, 0.6) is 0 Å². The molecule has 0 aliphatic heterocycles. The summed E-state index contributed by atoms with van der Waals surface area (Å²) in [6, 6.07) is 4.36. The number of halogens is 1. The zero-order chi connectivity index (χ0) is 14.6. The molecule has 0 atom stereocenters. The summed E-state index contributed by atoms with van der Waals surface area (Å²) in [5, 5.41) is 0. The molecule has 0 saturated heterocycles. The predicted octanol–water partition coefficient (Wildman–Crippen LogP) is 1.60. The lowest BCUT2D eigenvalue weighted by molar-refractivity contribution is -0.144. The summed E-state index contributed by atoms with van der Waals surface area (Å²) in [5.74, 6) is -1.79. The van der Waals surface area contributed by atoms with Gasteiger partial charge in [0.1, 0.15) is 5.82 Å². The molecule has 0 aliphatic carbocycles. The molecule has 0 heterocycles. The van der Waals surface area contributed by atoms with Crippen LogP contribution in [0.4, 0.5) is 4.39 Å². The number of hydrogen-bond donors (Lipinski definition) is 1. The first-order valence-corrected chi connectivity index (χ1v) is 6.15. The van der Waals surface area contributed by atoms with Crippen LogP contribution >= 0.6 is 0 Å². The third kappa shape index (κ3) is 4.35. The zero-order valence-electron chi connectivity index (χ0n) is 11.4. The Balaban J connectivity index is 2.93. The third-order valence-electron chi connectivity index (χ3n) is 2.75. The molecule has 1 rings (SSSR count). The van der Waals surface area contributed by atoms with Gasteiger partial charge < -0.3 is 10.6 Å². The van der Waals surface area contributed by atoms with E-state index in [-0.39, 0.29) is 18.3 Å². The van der Waals surface area contributed by atoms with Crippen molar-refractivity contribution in [1.82, 2.24) is 4.90 Å². The number of hydrogen-bond acceptors (Lipinski definition) is 2. The van der Waals surface area contributed by atoms with Gasteiger partial charge in [0.2, 0.25) is 0 Å². The number of benzene rings is 1. The number of rotatable bonds is 4. The normalized spacial score (nSPS) is 10.6. The number of nitrogens with two attached hydrogens (primary N) is 1. The van der Waals surface area contributed by atoms with Gasteiger partial charge >= 0.3 is 11.8 Å². The van der Waals surface area contributed by atoms with E-state index in [0.29, 0.717) is 6.54 Å². The first kappa shape index (κ1) is 15.1. The van der Waals surface area contributed by atoms with E-state index in [1.807, 2.05) is 13.8 Å². The van der Waals surface area contributed by atoms with Crippen LogP contribution in [0.1, 0.15) is 25.0 Å². The lowest BCUT2D eigenvalue weighted by Gasteiger charge is -2.24. The van der Waals surface area contributed by atoms with Crippen LogP contribution < -0.4 is 5.73 Å². The zero-order valence-corrected chi connectivity index (χ0v) is 11.4. The largest absolute Gasteiger partial charge is 0.361 e. The highest BCUT2D eigenvalue weighted by Crippen LogP contribution is 2.14. The van der Waals surface area contributed by atoms with Crippen LogP contribution in [0.2, 0.25) is 0 Å². The van der Waals surface area contributed by atoms with Gasteiger partial charge in [-0.15, -0.1) is 0 Å². The number of aryl methyl sites for hydroxylation is 1. The summed E-state index contributed by atoms with van der Waals surface area (Å²) >= 11 is 0. The molecule has 0 radical (unpaired) electrons. The minimum atomic E-state index is -0.972. The lowest BCUT2D eigenvalue weighted by Crippen LogP contribution is -2.41. The predicted molar refractivity (Wildman–Crippen MR) is 70.6 cm³/mol. The smallest absolute Gasteiger partial charge is 0.311 e. The minimum absolute atomic E-state index is 0.212. The summed E-state index contributed by atoms with van der Waals surface area (Å²) in [7, 11) is 0. The lowest BCUT2D eigenvalue weighted by atomic mass is 10.1. The van der Waals surface area contributed by atoms with E-state index in [1.54, 1.807) is 13.0 Å². The Bertz CT molecular complexity index is 486. The summed E-state index contributed by atoms with van der Waals surface area (Å²) in [5.41, 5.74) is 6.58. The molecule has 0 fully saturated rings.